The average Bonchev–Trinajstić information content (AvgIpc) is 3.17. The van der Waals surface area contributed by atoms with Gasteiger partial charge in [0.15, 0.2) is 11.5 Å². The van der Waals surface area contributed by atoms with Crippen LogP contribution >= 0.6 is 0 Å². The molecule has 0 aliphatic carbocycles. The maximum Gasteiger partial charge on any atom is 0.254 e. The summed E-state index contributed by atoms with van der Waals surface area (Å²) in [6.45, 7) is 2.81. The lowest BCUT2D eigenvalue weighted by Gasteiger charge is -2.39. The van der Waals surface area contributed by atoms with Gasteiger partial charge < -0.3 is 24.0 Å². The summed E-state index contributed by atoms with van der Waals surface area (Å²) < 4.78 is 15.8. The highest BCUT2D eigenvalue weighted by Crippen LogP contribution is 2.36. The third-order valence-electron chi connectivity index (χ3n) is 4.92. The Bertz CT molecular complexity index is 880. The van der Waals surface area contributed by atoms with Gasteiger partial charge in [-0.25, -0.2) is 0 Å². The zero-order valence-electron chi connectivity index (χ0n) is 15.2. The lowest BCUT2D eigenvalue weighted by molar-refractivity contribution is -0.124. The minimum Gasteiger partial charge on any atom is -0.497 e. The van der Waals surface area contributed by atoms with Gasteiger partial charge in [0.25, 0.3) is 5.91 Å². The minimum absolute atomic E-state index is 0.123. The second-order valence-corrected chi connectivity index (χ2v) is 6.43. The van der Waals surface area contributed by atoms with Crippen LogP contribution in [0.3, 0.4) is 0 Å². The molecule has 1 saturated heterocycles. The van der Waals surface area contributed by atoms with Gasteiger partial charge in [0.1, 0.15) is 11.8 Å². The van der Waals surface area contributed by atoms with E-state index in [0.29, 0.717) is 35.9 Å². The molecule has 0 aromatic heterocycles. The average molecular weight is 368 g/mol. The van der Waals surface area contributed by atoms with Gasteiger partial charge in [0, 0.05) is 30.4 Å². The van der Waals surface area contributed by atoms with Gasteiger partial charge in [-0.1, -0.05) is 0 Å². The van der Waals surface area contributed by atoms with Crippen molar-refractivity contribution in [2.24, 2.45) is 0 Å². The summed E-state index contributed by atoms with van der Waals surface area (Å²) in [5.74, 6) is 1.70. The molecular formula is C20H20N2O5. The van der Waals surface area contributed by atoms with Crippen molar-refractivity contribution in [1.29, 1.82) is 0 Å². The predicted molar refractivity (Wildman–Crippen MR) is 98.4 cm³/mol. The standard InChI is InChI=1S/C20H20N2O5/c1-13-19(23)22(15-5-8-17-18(11-15)27-12-26-17)10-9-21(13)20(24)14-3-6-16(25-2)7-4-14/h3-8,11,13H,9-10,12H2,1-2H3/t13-/m1/s1. The molecule has 2 aromatic rings. The first-order valence-corrected chi connectivity index (χ1v) is 8.74. The van der Waals surface area contributed by atoms with Crippen LogP contribution in [0.5, 0.6) is 17.2 Å². The minimum atomic E-state index is -0.557. The number of carbonyl (C=O) groups is 2. The first-order chi connectivity index (χ1) is 13.1. The lowest BCUT2D eigenvalue weighted by atomic mass is 10.1. The summed E-state index contributed by atoms with van der Waals surface area (Å²) in [7, 11) is 1.58. The van der Waals surface area contributed by atoms with E-state index in [1.165, 1.54) is 0 Å². The van der Waals surface area contributed by atoms with Crippen LogP contribution in [0, 0.1) is 0 Å². The van der Waals surface area contributed by atoms with Gasteiger partial charge >= 0.3 is 0 Å². The van der Waals surface area contributed by atoms with Crippen molar-refractivity contribution < 1.29 is 23.8 Å². The molecule has 0 spiro atoms. The fourth-order valence-corrected chi connectivity index (χ4v) is 3.36. The third kappa shape index (κ3) is 3.05. The highest BCUT2D eigenvalue weighted by atomic mass is 16.7. The van der Waals surface area contributed by atoms with Crippen molar-refractivity contribution in [1.82, 2.24) is 4.90 Å². The van der Waals surface area contributed by atoms with Gasteiger partial charge in [-0.2, -0.15) is 0 Å². The van der Waals surface area contributed by atoms with E-state index in [2.05, 4.69) is 0 Å². The summed E-state index contributed by atoms with van der Waals surface area (Å²) in [6.07, 6.45) is 0. The van der Waals surface area contributed by atoms with Crippen LogP contribution in [0.4, 0.5) is 5.69 Å². The molecule has 2 heterocycles. The Balaban J connectivity index is 1.51. The molecule has 0 N–H and O–H groups in total. The molecule has 2 aromatic carbocycles. The number of methoxy groups -OCH3 is 1. The molecule has 0 saturated carbocycles. The molecule has 0 unspecified atom stereocenters. The number of benzene rings is 2. The number of piperazine rings is 1. The van der Waals surface area contributed by atoms with E-state index in [1.54, 1.807) is 60.2 Å². The van der Waals surface area contributed by atoms with Crippen molar-refractivity contribution in [3.63, 3.8) is 0 Å². The van der Waals surface area contributed by atoms with Crippen LogP contribution in [0.15, 0.2) is 42.5 Å². The molecule has 1 fully saturated rings. The number of hydrogen-bond donors (Lipinski definition) is 0. The monoisotopic (exact) mass is 368 g/mol. The SMILES string of the molecule is COc1ccc(C(=O)N2CCN(c3ccc4c(c3)OCO4)C(=O)[C@H]2C)cc1. The van der Waals surface area contributed by atoms with Crippen LogP contribution in [0.2, 0.25) is 0 Å². The third-order valence-corrected chi connectivity index (χ3v) is 4.92. The van der Waals surface area contributed by atoms with Crippen LogP contribution in [0.25, 0.3) is 0 Å². The Labute approximate surface area is 157 Å². The van der Waals surface area contributed by atoms with Crippen LogP contribution in [0.1, 0.15) is 17.3 Å². The summed E-state index contributed by atoms with van der Waals surface area (Å²) in [6, 6.07) is 11.8. The Morgan fingerprint density at radius 2 is 1.81 bits per heavy atom. The van der Waals surface area contributed by atoms with Crippen molar-refractivity contribution in [2.75, 3.05) is 31.9 Å². The molecule has 2 aliphatic rings. The predicted octanol–water partition coefficient (Wildman–Crippen LogP) is 2.30. The largest absolute Gasteiger partial charge is 0.497 e. The van der Waals surface area contributed by atoms with Crippen LogP contribution < -0.4 is 19.1 Å². The van der Waals surface area contributed by atoms with E-state index in [9.17, 15) is 9.59 Å². The molecule has 1 atom stereocenters. The number of hydrogen-bond acceptors (Lipinski definition) is 5. The highest BCUT2D eigenvalue weighted by molar-refractivity contribution is 6.03. The van der Waals surface area contributed by atoms with Crippen molar-refractivity contribution in [2.45, 2.75) is 13.0 Å². The summed E-state index contributed by atoms with van der Waals surface area (Å²) in [5.41, 5.74) is 1.28. The number of anilines is 1. The van der Waals surface area contributed by atoms with Gasteiger partial charge in [-0.15, -0.1) is 0 Å². The van der Waals surface area contributed by atoms with Gasteiger partial charge in [0.05, 0.1) is 7.11 Å². The summed E-state index contributed by atoms with van der Waals surface area (Å²) in [5, 5.41) is 0. The maximum absolute atomic E-state index is 12.9. The van der Waals surface area contributed by atoms with Crippen molar-refractivity contribution in [3.8, 4) is 17.2 Å². The topological polar surface area (TPSA) is 68.3 Å². The molecule has 7 heteroatoms. The highest BCUT2D eigenvalue weighted by Gasteiger charge is 2.35. The van der Waals surface area contributed by atoms with E-state index in [4.69, 9.17) is 14.2 Å². The molecule has 140 valence electrons. The number of carbonyl (C=O) groups excluding carboxylic acids is 2. The van der Waals surface area contributed by atoms with Crippen molar-refractivity contribution in [3.05, 3.63) is 48.0 Å². The Hall–Kier alpha value is -3.22. The normalized spacial score (nSPS) is 18.6. The molecule has 2 amide bonds. The molecule has 2 aliphatic heterocycles. The fourth-order valence-electron chi connectivity index (χ4n) is 3.36. The Morgan fingerprint density at radius 1 is 1.07 bits per heavy atom. The van der Waals surface area contributed by atoms with Gasteiger partial charge in [0.2, 0.25) is 12.7 Å². The number of nitrogens with zero attached hydrogens (tertiary/aromatic N) is 2. The van der Waals surface area contributed by atoms with Crippen molar-refractivity contribution >= 4 is 17.5 Å². The first kappa shape index (κ1) is 17.2. The summed E-state index contributed by atoms with van der Waals surface area (Å²) in [4.78, 5) is 29.0. The van der Waals surface area contributed by atoms with Gasteiger partial charge in [-0.3, -0.25) is 9.59 Å². The number of rotatable bonds is 3. The second kappa shape index (κ2) is 6.83. The lowest BCUT2D eigenvalue weighted by Crippen LogP contribution is -2.57. The van der Waals surface area contributed by atoms with Gasteiger partial charge in [-0.05, 0) is 43.3 Å². The fraction of sp³-hybridized carbons (Fsp3) is 0.300. The van der Waals surface area contributed by atoms with E-state index in [0.717, 1.165) is 5.69 Å². The van der Waals surface area contributed by atoms with E-state index >= 15 is 0 Å². The van der Waals surface area contributed by atoms with E-state index < -0.39 is 6.04 Å². The second-order valence-electron chi connectivity index (χ2n) is 6.43. The van der Waals surface area contributed by atoms with Crippen LogP contribution in [-0.2, 0) is 4.79 Å². The molecule has 4 rings (SSSR count). The Kier molecular flexibility index (Phi) is 4.35. The quantitative estimate of drug-likeness (QED) is 0.832. The maximum atomic E-state index is 12.9. The summed E-state index contributed by atoms with van der Waals surface area (Å²) >= 11 is 0. The zero-order valence-corrected chi connectivity index (χ0v) is 15.2. The molecule has 7 nitrogen and oxygen atoms in total. The molecular weight excluding hydrogens is 348 g/mol. The zero-order chi connectivity index (χ0) is 19.0. The number of ether oxygens (including phenoxy) is 3. The smallest absolute Gasteiger partial charge is 0.254 e. The molecule has 0 radical (unpaired) electrons. The number of amides is 2. The Morgan fingerprint density at radius 3 is 2.56 bits per heavy atom. The molecule has 0 bridgehead atoms. The molecule has 27 heavy (non-hydrogen) atoms. The number of fused-ring (bicyclic) bond motifs is 1. The van der Waals surface area contributed by atoms with Crippen LogP contribution in [-0.4, -0.2) is 49.7 Å². The first-order valence-electron chi connectivity index (χ1n) is 8.74. The van der Waals surface area contributed by atoms with E-state index in [1.807, 2.05) is 6.07 Å². The van der Waals surface area contributed by atoms with E-state index in [-0.39, 0.29) is 18.6 Å².